The highest BCUT2D eigenvalue weighted by molar-refractivity contribution is 5.94. The van der Waals surface area contributed by atoms with Crippen LogP contribution in [-0.2, 0) is 27.4 Å². The molecule has 2 atom stereocenters. The molecule has 3 amide bonds. The average molecular weight is 559 g/mol. The minimum absolute atomic E-state index is 0.0709. The first-order valence-corrected chi connectivity index (χ1v) is 13.7. The van der Waals surface area contributed by atoms with Crippen molar-refractivity contribution in [2.75, 3.05) is 33.8 Å². The van der Waals surface area contributed by atoms with Crippen LogP contribution in [0.2, 0.25) is 0 Å². The molecular formula is C31H34N4O6. The topological polar surface area (TPSA) is 110 Å². The lowest BCUT2D eigenvalue weighted by Gasteiger charge is -2.39. The number of carbonyl (C=O) groups is 3. The van der Waals surface area contributed by atoms with E-state index in [1.807, 2.05) is 42.5 Å². The van der Waals surface area contributed by atoms with E-state index in [9.17, 15) is 14.4 Å². The van der Waals surface area contributed by atoms with Crippen molar-refractivity contribution < 1.29 is 28.6 Å². The van der Waals surface area contributed by atoms with Crippen molar-refractivity contribution in [3.63, 3.8) is 0 Å². The van der Waals surface area contributed by atoms with Crippen LogP contribution in [0, 0.1) is 0 Å². The number of aromatic nitrogens is 1. The van der Waals surface area contributed by atoms with Crippen molar-refractivity contribution in [2.45, 2.75) is 38.0 Å². The zero-order valence-electron chi connectivity index (χ0n) is 23.2. The van der Waals surface area contributed by atoms with Crippen molar-refractivity contribution in [3.05, 3.63) is 83.7 Å². The van der Waals surface area contributed by atoms with Gasteiger partial charge in [0.1, 0.15) is 5.75 Å². The largest absolute Gasteiger partial charge is 0.493 e. The molecule has 0 unspecified atom stereocenters. The number of nitrogens with one attached hydrogen (secondary N) is 1. The number of pyridine rings is 1. The summed E-state index contributed by atoms with van der Waals surface area (Å²) in [7, 11) is 3.20. The molecule has 4 heterocycles. The van der Waals surface area contributed by atoms with Crippen LogP contribution >= 0.6 is 0 Å². The summed E-state index contributed by atoms with van der Waals surface area (Å²) in [6, 6.07) is 16.3. The van der Waals surface area contributed by atoms with Gasteiger partial charge in [-0.1, -0.05) is 18.2 Å². The number of aryl methyl sites for hydroxylation is 1. The third-order valence-corrected chi connectivity index (χ3v) is 7.35. The molecule has 0 saturated carbocycles. The van der Waals surface area contributed by atoms with Gasteiger partial charge >= 0.3 is 0 Å². The summed E-state index contributed by atoms with van der Waals surface area (Å²) in [6.45, 7) is 0.929. The number of carbonyl (C=O) groups excluding carboxylic acids is 3. The second-order valence-corrected chi connectivity index (χ2v) is 10.3. The van der Waals surface area contributed by atoms with Crippen LogP contribution in [0.3, 0.4) is 0 Å². The molecule has 2 aromatic carbocycles. The first kappa shape index (κ1) is 28.1. The van der Waals surface area contributed by atoms with E-state index >= 15 is 0 Å². The van der Waals surface area contributed by atoms with E-state index in [-0.39, 0.29) is 43.3 Å². The molecule has 1 N–H and O–H groups in total. The average Bonchev–Trinajstić information content (AvgIpc) is 2.99. The molecule has 0 aliphatic carbocycles. The number of hydrogen-bond donors (Lipinski definition) is 1. The van der Waals surface area contributed by atoms with Gasteiger partial charge in [0.25, 0.3) is 5.91 Å². The number of methoxy groups -OCH3 is 1. The van der Waals surface area contributed by atoms with Gasteiger partial charge in [0.2, 0.25) is 11.8 Å². The Morgan fingerprint density at radius 1 is 1.07 bits per heavy atom. The summed E-state index contributed by atoms with van der Waals surface area (Å²) >= 11 is 0. The highest BCUT2D eigenvalue weighted by Gasteiger charge is 2.34. The standard InChI is InChI=1S/C31H34N4O6/c1-34-19-29(36)33-25-12-14-35(31(38)23-6-4-13-32-17-23)18-28(25)40-20-22-5-3-7-24(15-22)41-26-10-8-21(9-11-30(34)37)16-27(26)39-2/h3-8,10,13,15-17,25,28H,9,11-12,14,18-20H2,1-2H3,(H,33,36)/t25-,28-/m0/s1. The van der Waals surface area contributed by atoms with Crippen LogP contribution < -0.4 is 14.8 Å². The number of ether oxygens (including phenoxy) is 3. The number of benzene rings is 2. The summed E-state index contributed by atoms with van der Waals surface area (Å²) < 4.78 is 18.0. The second-order valence-electron chi connectivity index (χ2n) is 10.3. The minimum atomic E-state index is -0.465. The molecule has 1 fully saturated rings. The molecule has 41 heavy (non-hydrogen) atoms. The van der Waals surface area contributed by atoms with Gasteiger partial charge in [-0.3, -0.25) is 19.4 Å². The molecule has 10 nitrogen and oxygen atoms in total. The first-order valence-electron chi connectivity index (χ1n) is 13.7. The van der Waals surface area contributed by atoms with Crippen LogP contribution in [0.15, 0.2) is 67.0 Å². The lowest BCUT2D eigenvalue weighted by Crippen LogP contribution is -2.57. The van der Waals surface area contributed by atoms with Crippen LogP contribution in [-0.4, -0.2) is 78.4 Å². The van der Waals surface area contributed by atoms with Crippen molar-refractivity contribution in [3.8, 4) is 17.2 Å². The number of rotatable bonds is 2. The van der Waals surface area contributed by atoms with Gasteiger partial charge in [0.15, 0.2) is 11.5 Å². The first-order chi connectivity index (χ1) is 19.9. The predicted molar refractivity (Wildman–Crippen MR) is 151 cm³/mol. The third kappa shape index (κ3) is 7.01. The summed E-state index contributed by atoms with van der Waals surface area (Å²) in [5.41, 5.74) is 2.30. The Balaban J connectivity index is 1.40. The van der Waals surface area contributed by atoms with Gasteiger partial charge in [-0.25, -0.2) is 0 Å². The fraction of sp³-hybridized carbons (Fsp3) is 0.355. The Hall–Kier alpha value is -4.44. The number of likely N-dealkylation sites (N-methyl/N-ethyl adjacent to an activating group) is 1. The van der Waals surface area contributed by atoms with E-state index in [4.69, 9.17) is 14.2 Å². The molecule has 3 aromatic rings. The van der Waals surface area contributed by atoms with E-state index in [2.05, 4.69) is 10.3 Å². The van der Waals surface area contributed by atoms with Crippen molar-refractivity contribution >= 4 is 17.7 Å². The van der Waals surface area contributed by atoms with Gasteiger partial charge in [0.05, 0.1) is 38.0 Å². The zero-order valence-corrected chi connectivity index (χ0v) is 23.2. The van der Waals surface area contributed by atoms with Crippen LogP contribution in [0.25, 0.3) is 0 Å². The minimum Gasteiger partial charge on any atom is -0.493 e. The van der Waals surface area contributed by atoms with Gasteiger partial charge in [-0.2, -0.15) is 0 Å². The fourth-order valence-electron chi connectivity index (χ4n) is 5.09. The Morgan fingerprint density at radius 3 is 2.76 bits per heavy atom. The Kier molecular flexibility index (Phi) is 8.79. The lowest BCUT2D eigenvalue weighted by molar-refractivity contribution is -0.135. The van der Waals surface area contributed by atoms with Gasteiger partial charge in [-0.05, 0) is 60.4 Å². The van der Waals surface area contributed by atoms with Crippen molar-refractivity contribution in [2.24, 2.45) is 0 Å². The summed E-state index contributed by atoms with van der Waals surface area (Å²) in [5.74, 6) is 1.19. The van der Waals surface area contributed by atoms with E-state index < -0.39 is 6.10 Å². The quantitative estimate of drug-likeness (QED) is 0.514. The highest BCUT2D eigenvalue weighted by atomic mass is 16.5. The summed E-state index contributed by atoms with van der Waals surface area (Å²) in [6.07, 6.45) is 3.96. The molecule has 214 valence electrons. The second kappa shape index (κ2) is 12.8. The number of nitrogens with zero attached hydrogens (tertiary/aromatic N) is 3. The summed E-state index contributed by atoms with van der Waals surface area (Å²) in [5, 5.41) is 3.05. The zero-order chi connectivity index (χ0) is 28.8. The molecule has 0 radical (unpaired) electrons. The van der Waals surface area contributed by atoms with Crippen molar-refractivity contribution in [1.29, 1.82) is 0 Å². The summed E-state index contributed by atoms with van der Waals surface area (Å²) in [4.78, 5) is 46.2. The molecule has 0 spiro atoms. The van der Waals surface area contributed by atoms with Gasteiger partial charge < -0.3 is 29.3 Å². The molecule has 1 saturated heterocycles. The van der Waals surface area contributed by atoms with Crippen LogP contribution in [0.5, 0.6) is 17.2 Å². The van der Waals surface area contributed by atoms with Crippen molar-refractivity contribution in [1.82, 2.24) is 20.1 Å². The molecule has 10 heteroatoms. The molecular weight excluding hydrogens is 524 g/mol. The van der Waals surface area contributed by atoms with Crippen LogP contribution in [0.4, 0.5) is 0 Å². The third-order valence-electron chi connectivity index (χ3n) is 7.35. The molecule has 3 aliphatic rings. The lowest BCUT2D eigenvalue weighted by atomic mass is 10.0. The maximum Gasteiger partial charge on any atom is 0.255 e. The van der Waals surface area contributed by atoms with E-state index in [1.165, 1.54) is 4.90 Å². The predicted octanol–water partition coefficient (Wildman–Crippen LogP) is 3.20. The SMILES string of the molecule is COc1cc2ccc1Oc1cccc(c1)CO[C@H]1CN(C(=O)c3cccnc3)CC[C@@H]1NC(=O)CN(C)C(=O)CC2. The number of piperidine rings is 1. The Morgan fingerprint density at radius 2 is 1.95 bits per heavy atom. The maximum absolute atomic E-state index is 13.2. The highest BCUT2D eigenvalue weighted by Crippen LogP contribution is 2.33. The maximum atomic E-state index is 13.2. The van der Waals surface area contributed by atoms with Crippen LogP contribution in [0.1, 0.15) is 34.3 Å². The fourth-order valence-corrected chi connectivity index (χ4v) is 5.09. The molecule has 6 rings (SSSR count). The smallest absolute Gasteiger partial charge is 0.255 e. The van der Waals surface area contributed by atoms with Gasteiger partial charge in [-0.15, -0.1) is 0 Å². The number of likely N-dealkylation sites (tertiary alicyclic amines) is 1. The normalized spacial score (nSPS) is 20.1. The molecule has 4 bridgehead atoms. The van der Waals surface area contributed by atoms with E-state index in [0.717, 1.165) is 11.1 Å². The van der Waals surface area contributed by atoms with E-state index in [1.54, 1.807) is 43.6 Å². The number of amides is 3. The number of hydrogen-bond acceptors (Lipinski definition) is 7. The molecule has 1 aromatic heterocycles. The molecule has 3 aliphatic heterocycles. The Bertz CT molecular complexity index is 1400. The van der Waals surface area contributed by atoms with E-state index in [0.29, 0.717) is 48.7 Å². The number of fused-ring (bicyclic) bond motifs is 9. The monoisotopic (exact) mass is 558 g/mol. The van der Waals surface area contributed by atoms with Gasteiger partial charge in [0, 0.05) is 39.0 Å². The Labute approximate surface area is 239 Å².